The highest BCUT2D eigenvalue weighted by atomic mass is 35.5. The lowest BCUT2D eigenvalue weighted by Crippen LogP contribution is -2.36. The number of anilines is 1. The van der Waals surface area contributed by atoms with Crippen LogP contribution in [0.1, 0.15) is 40.5 Å². The summed E-state index contributed by atoms with van der Waals surface area (Å²) in [6.07, 6.45) is 10.8. The van der Waals surface area contributed by atoms with Crippen LogP contribution in [0.3, 0.4) is 0 Å². The molecule has 4 rings (SSSR count). The number of pyridine rings is 2. The first-order chi connectivity index (χ1) is 13.6. The van der Waals surface area contributed by atoms with Gasteiger partial charge in [0.1, 0.15) is 11.6 Å². The van der Waals surface area contributed by atoms with Gasteiger partial charge in [-0.2, -0.15) is 0 Å². The Bertz CT molecular complexity index is 976. The van der Waals surface area contributed by atoms with Crippen molar-refractivity contribution in [1.82, 2.24) is 19.5 Å². The molecule has 28 heavy (non-hydrogen) atoms. The molecule has 7 nitrogen and oxygen atoms in total. The number of aromatic carboxylic acids is 1. The van der Waals surface area contributed by atoms with Crippen molar-refractivity contribution in [2.24, 2.45) is 0 Å². The Morgan fingerprint density at radius 1 is 1.25 bits per heavy atom. The van der Waals surface area contributed by atoms with Crippen LogP contribution >= 0.6 is 11.6 Å². The highest BCUT2D eigenvalue weighted by Gasteiger charge is 2.27. The maximum absolute atomic E-state index is 11.1. The van der Waals surface area contributed by atoms with Gasteiger partial charge in [0.15, 0.2) is 0 Å². The Kier molecular flexibility index (Phi) is 5.25. The lowest BCUT2D eigenvalue weighted by atomic mass is 9.97. The van der Waals surface area contributed by atoms with Crippen LogP contribution in [-0.2, 0) is 6.54 Å². The molecule has 0 bridgehead atoms. The lowest BCUT2D eigenvalue weighted by Gasteiger charge is -2.34. The molecule has 0 spiro atoms. The fraction of sp³-hybridized carbons (Fsp3) is 0.300. The summed E-state index contributed by atoms with van der Waals surface area (Å²) < 4.78 is 2.17. The fourth-order valence-corrected chi connectivity index (χ4v) is 3.95. The van der Waals surface area contributed by atoms with Crippen molar-refractivity contribution in [3.63, 3.8) is 0 Å². The number of hydrogen-bond donors (Lipinski definition) is 1. The summed E-state index contributed by atoms with van der Waals surface area (Å²) in [5, 5.41) is 9.46. The third kappa shape index (κ3) is 3.84. The van der Waals surface area contributed by atoms with Crippen molar-refractivity contribution in [1.29, 1.82) is 0 Å². The Morgan fingerprint density at radius 3 is 2.82 bits per heavy atom. The summed E-state index contributed by atoms with van der Waals surface area (Å²) in [7, 11) is 0. The van der Waals surface area contributed by atoms with Crippen molar-refractivity contribution in [2.75, 3.05) is 18.0 Å². The zero-order valence-electron chi connectivity index (χ0n) is 15.2. The molecule has 0 saturated carbocycles. The molecule has 1 aliphatic heterocycles. The molecule has 0 radical (unpaired) electrons. The number of carboxylic acid groups (broad SMARTS) is 1. The highest BCUT2D eigenvalue weighted by Crippen LogP contribution is 2.32. The van der Waals surface area contributed by atoms with E-state index < -0.39 is 5.97 Å². The van der Waals surface area contributed by atoms with Gasteiger partial charge in [-0.15, -0.1) is 0 Å². The smallest absolute Gasteiger partial charge is 0.337 e. The van der Waals surface area contributed by atoms with Gasteiger partial charge in [0.25, 0.3) is 0 Å². The normalized spacial score (nSPS) is 16.9. The van der Waals surface area contributed by atoms with E-state index in [2.05, 4.69) is 24.4 Å². The first kappa shape index (κ1) is 18.4. The average Bonchev–Trinajstić information content (AvgIpc) is 3.17. The van der Waals surface area contributed by atoms with Crippen LogP contribution in [-0.4, -0.2) is 43.7 Å². The van der Waals surface area contributed by atoms with Crippen molar-refractivity contribution >= 4 is 23.4 Å². The number of carbonyl (C=O) groups is 1. The van der Waals surface area contributed by atoms with Crippen LogP contribution in [0.15, 0.2) is 49.2 Å². The molecule has 4 heterocycles. The Balaban J connectivity index is 1.54. The van der Waals surface area contributed by atoms with Gasteiger partial charge < -0.3 is 14.6 Å². The van der Waals surface area contributed by atoms with Crippen molar-refractivity contribution in [3.8, 4) is 0 Å². The van der Waals surface area contributed by atoms with Crippen molar-refractivity contribution in [2.45, 2.75) is 25.3 Å². The molecule has 1 fully saturated rings. The monoisotopic (exact) mass is 397 g/mol. The van der Waals surface area contributed by atoms with Gasteiger partial charge in [-0.1, -0.05) is 11.6 Å². The summed E-state index contributed by atoms with van der Waals surface area (Å²) in [6, 6.07) is 5.47. The lowest BCUT2D eigenvalue weighted by molar-refractivity contribution is 0.0696. The van der Waals surface area contributed by atoms with Crippen LogP contribution < -0.4 is 4.90 Å². The van der Waals surface area contributed by atoms with Crippen LogP contribution in [0, 0.1) is 0 Å². The number of carboxylic acids is 1. The summed E-state index contributed by atoms with van der Waals surface area (Å²) in [6.45, 7) is 2.33. The van der Waals surface area contributed by atoms with Gasteiger partial charge in [-0.05, 0) is 36.6 Å². The third-order valence-electron chi connectivity index (χ3n) is 5.00. The second-order valence-corrected chi connectivity index (χ2v) is 7.30. The summed E-state index contributed by atoms with van der Waals surface area (Å²) >= 11 is 6.32. The van der Waals surface area contributed by atoms with Gasteiger partial charge in [-0.3, -0.25) is 4.98 Å². The second-order valence-electron chi connectivity index (χ2n) is 6.89. The van der Waals surface area contributed by atoms with E-state index >= 15 is 0 Å². The third-order valence-corrected chi connectivity index (χ3v) is 5.28. The highest BCUT2D eigenvalue weighted by molar-refractivity contribution is 6.33. The van der Waals surface area contributed by atoms with E-state index in [1.165, 1.54) is 17.8 Å². The molecule has 3 aromatic rings. The molecule has 1 N–H and O–H groups in total. The number of piperidine rings is 1. The van der Waals surface area contributed by atoms with Gasteiger partial charge in [0.2, 0.25) is 0 Å². The molecule has 0 unspecified atom stereocenters. The molecule has 1 atom stereocenters. The van der Waals surface area contributed by atoms with E-state index in [9.17, 15) is 4.79 Å². The molecule has 0 aliphatic carbocycles. The predicted molar refractivity (Wildman–Crippen MR) is 106 cm³/mol. The van der Waals surface area contributed by atoms with E-state index in [0.717, 1.165) is 38.3 Å². The largest absolute Gasteiger partial charge is 0.478 e. The van der Waals surface area contributed by atoms with Gasteiger partial charge >= 0.3 is 5.97 Å². The molecular weight excluding hydrogens is 378 g/mol. The predicted octanol–water partition coefficient (Wildman–Crippen LogP) is 3.46. The van der Waals surface area contributed by atoms with Gasteiger partial charge in [-0.25, -0.2) is 14.8 Å². The standard InChI is InChI=1S/C20H20ClN5O2/c21-17-10-16(20(27)28)11-24-19(17)25-8-1-2-15(13-25)18-23-7-9-26(18)12-14-3-5-22-6-4-14/h3-7,9-11,15H,1-2,8,12-13H2,(H,27,28)/t15-/m1/s1. The molecule has 1 saturated heterocycles. The zero-order chi connectivity index (χ0) is 19.5. The molecule has 0 aromatic carbocycles. The van der Waals surface area contributed by atoms with E-state index in [-0.39, 0.29) is 11.5 Å². The van der Waals surface area contributed by atoms with Crippen LogP contribution in [0.2, 0.25) is 5.02 Å². The van der Waals surface area contributed by atoms with Crippen molar-refractivity contribution in [3.05, 3.63) is 71.2 Å². The first-order valence-electron chi connectivity index (χ1n) is 9.15. The molecule has 0 amide bonds. The van der Waals surface area contributed by atoms with Gasteiger partial charge in [0.05, 0.1) is 10.6 Å². The number of hydrogen-bond acceptors (Lipinski definition) is 5. The molecule has 1 aliphatic rings. The van der Waals surface area contributed by atoms with Gasteiger partial charge in [0, 0.05) is 56.5 Å². The molecule has 144 valence electrons. The minimum Gasteiger partial charge on any atom is -0.478 e. The average molecular weight is 398 g/mol. The second kappa shape index (κ2) is 7.98. The number of imidazole rings is 1. The summed E-state index contributed by atoms with van der Waals surface area (Å²) in [4.78, 5) is 26.2. The Morgan fingerprint density at radius 2 is 2.07 bits per heavy atom. The number of aromatic nitrogens is 4. The molecular formula is C20H20ClN5O2. The van der Waals surface area contributed by atoms with Crippen LogP contribution in [0.5, 0.6) is 0 Å². The minimum atomic E-state index is -1.03. The fourth-order valence-electron chi connectivity index (χ4n) is 3.66. The molecule has 3 aromatic heterocycles. The molecule has 8 heteroatoms. The Hall–Kier alpha value is -2.93. The van der Waals surface area contributed by atoms with Crippen LogP contribution in [0.4, 0.5) is 5.82 Å². The number of halogens is 1. The maximum atomic E-state index is 11.1. The summed E-state index contributed by atoms with van der Waals surface area (Å²) in [5.41, 5.74) is 1.27. The first-order valence-corrected chi connectivity index (χ1v) is 9.53. The quantitative estimate of drug-likeness (QED) is 0.709. The maximum Gasteiger partial charge on any atom is 0.337 e. The van der Waals surface area contributed by atoms with E-state index in [1.807, 2.05) is 24.5 Å². The van der Waals surface area contributed by atoms with E-state index in [0.29, 0.717) is 10.8 Å². The van der Waals surface area contributed by atoms with E-state index in [1.54, 1.807) is 12.4 Å². The SMILES string of the molecule is O=C(O)c1cnc(N2CCC[C@@H](c3nccn3Cc3ccncc3)C2)c(Cl)c1. The van der Waals surface area contributed by atoms with Crippen molar-refractivity contribution < 1.29 is 9.90 Å². The topological polar surface area (TPSA) is 84.1 Å². The number of nitrogens with zero attached hydrogens (tertiary/aromatic N) is 5. The number of rotatable bonds is 5. The zero-order valence-corrected chi connectivity index (χ0v) is 16.0. The van der Waals surface area contributed by atoms with Crippen LogP contribution in [0.25, 0.3) is 0 Å². The Labute approximate surface area is 167 Å². The van der Waals surface area contributed by atoms with E-state index in [4.69, 9.17) is 16.7 Å². The minimum absolute atomic E-state index is 0.0928. The summed E-state index contributed by atoms with van der Waals surface area (Å²) in [5.74, 6) is 0.890.